The third kappa shape index (κ3) is 3.56. The van der Waals surface area contributed by atoms with E-state index in [1.165, 1.54) is 0 Å². The maximum atomic E-state index is 10.3. The molecule has 0 radical (unpaired) electrons. The van der Waals surface area contributed by atoms with Gasteiger partial charge in [0.1, 0.15) is 0 Å². The fraction of sp³-hybridized carbons (Fsp3) is 0.118. The van der Waals surface area contributed by atoms with Crippen molar-refractivity contribution in [2.75, 3.05) is 5.75 Å². The van der Waals surface area contributed by atoms with Crippen molar-refractivity contribution in [3.05, 3.63) is 71.4 Å². The third-order valence-corrected chi connectivity index (χ3v) is 4.52. The van der Waals surface area contributed by atoms with Gasteiger partial charge in [0.2, 0.25) is 0 Å². The molecule has 1 aromatic heterocycles. The minimum atomic E-state index is -0.515. The number of aliphatic hydroxyl groups excluding tert-OH is 1. The van der Waals surface area contributed by atoms with E-state index in [0.717, 1.165) is 21.4 Å². The van der Waals surface area contributed by atoms with Crippen LogP contribution in [0.1, 0.15) is 11.7 Å². The second-order valence-corrected chi connectivity index (χ2v) is 6.27. The summed E-state index contributed by atoms with van der Waals surface area (Å²) in [6.45, 7) is 0. The van der Waals surface area contributed by atoms with Crippen LogP contribution in [0.15, 0.2) is 65.7 Å². The zero-order valence-corrected chi connectivity index (χ0v) is 12.8. The molecule has 4 heteroatoms. The predicted molar refractivity (Wildman–Crippen MR) is 88.9 cm³/mol. The van der Waals surface area contributed by atoms with Crippen molar-refractivity contribution in [3.8, 4) is 0 Å². The summed E-state index contributed by atoms with van der Waals surface area (Å²) in [7, 11) is 0. The van der Waals surface area contributed by atoms with E-state index in [4.69, 9.17) is 11.6 Å². The zero-order chi connectivity index (χ0) is 14.7. The number of halogens is 1. The van der Waals surface area contributed by atoms with Crippen LogP contribution in [0.5, 0.6) is 0 Å². The Morgan fingerprint density at radius 3 is 2.86 bits per heavy atom. The van der Waals surface area contributed by atoms with Crippen LogP contribution >= 0.6 is 23.4 Å². The average molecular weight is 316 g/mol. The van der Waals surface area contributed by atoms with Crippen LogP contribution in [0, 0.1) is 0 Å². The summed E-state index contributed by atoms with van der Waals surface area (Å²) in [4.78, 5) is 5.34. The highest BCUT2D eigenvalue weighted by Crippen LogP contribution is 2.27. The summed E-state index contributed by atoms with van der Waals surface area (Å²) < 4.78 is 0. The van der Waals surface area contributed by atoms with Crippen LogP contribution in [0.4, 0.5) is 0 Å². The highest BCUT2D eigenvalue weighted by atomic mass is 35.5. The molecule has 0 saturated carbocycles. The summed E-state index contributed by atoms with van der Waals surface area (Å²) in [6, 6.07) is 17.4. The lowest BCUT2D eigenvalue weighted by Gasteiger charge is -2.11. The van der Waals surface area contributed by atoms with Crippen LogP contribution in [0.25, 0.3) is 10.9 Å². The molecule has 106 valence electrons. The number of rotatable bonds is 4. The zero-order valence-electron chi connectivity index (χ0n) is 11.2. The molecule has 2 aromatic carbocycles. The van der Waals surface area contributed by atoms with Gasteiger partial charge in [-0.05, 0) is 42.0 Å². The summed E-state index contributed by atoms with van der Waals surface area (Å²) in [5.74, 6) is 0.589. The Labute approximate surface area is 132 Å². The number of benzene rings is 2. The lowest BCUT2D eigenvalue weighted by Crippen LogP contribution is -2.00. The first-order valence-electron chi connectivity index (χ1n) is 6.63. The van der Waals surface area contributed by atoms with Crippen molar-refractivity contribution in [2.24, 2.45) is 0 Å². The minimum absolute atomic E-state index is 0.515. The Hall–Kier alpha value is -1.55. The van der Waals surface area contributed by atoms with Gasteiger partial charge in [-0.2, -0.15) is 0 Å². The van der Waals surface area contributed by atoms with Gasteiger partial charge in [-0.1, -0.05) is 29.8 Å². The van der Waals surface area contributed by atoms with E-state index >= 15 is 0 Å². The smallest absolute Gasteiger partial charge is 0.0884 e. The second kappa shape index (κ2) is 6.48. The third-order valence-electron chi connectivity index (χ3n) is 3.22. The van der Waals surface area contributed by atoms with E-state index in [1.807, 2.05) is 54.6 Å². The Morgan fingerprint density at radius 1 is 1.10 bits per heavy atom. The number of aliphatic hydroxyl groups is 1. The van der Waals surface area contributed by atoms with E-state index < -0.39 is 6.10 Å². The molecule has 0 amide bonds. The summed E-state index contributed by atoms with van der Waals surface area (Å²) in [5, 5.41) is 12.1. The summed E-state index contributed by atoms with van der Waals surface area (Å²) >= 11 is 7.55. The van der Waals surface area contributed by atoms with E-state index in [1.54, 1.807) is 18.0 Å². The first-order valence-corrected chi connectivity index (χ1v) is 8.00. The molecule has 0 aliphatic heterocycles. The fourth-order valence-corrected chi connectivity index (χ4v) is 3.31. The summed E-state index contributed by atoms with van der Waals surface area (Å²) in [6.07, 6.45) is 1.26. The van der Waals surface area contributed by atoms with Crippen LogP contribution in [-0.4, -0.2) is 15.8 Å². The Balaban J connectivity index is 1.73. The van der Waals surface area contributed by atoms with Crippen LogP contribution in [-0.2, 0) is 0 Å². The molecule has 21 heavy (non-hydrogen) atoms. The van der Waals surface area contributed by atoms with E-state index in [2.05, 4.69) is 4.98 Å². The molecule has 3 rings (SSSR count). The lowest BCUT2D eigenvalue weighted by molar-refractivity contribution is 0.204. The maximum Gasteiger partial charge on any atom is 0.0884 e. The highest BCUT2D eigenvalue weighted by Gasteiger charge is 2.09. The van der Waals surface area contributed by atoms with Gasteiger partial charge in [-0.15, -0.1) is 11.8 Å². The molecule has 0 saturated heterocycles. The number of thioether (sulfide) groups is 1. The van der Waals surface area contributed by atoms with Gasteiger partial charge in [-0.3, -0.25) is 4.98 Å². The standard InChI is InChI=1S/C17H14ClNOS/c18-14-4-1-5-15(10-14)21-11-17(20)13-6-7-16-12(9-13)3-2-8-19-16/h1-10,17,20H,11H2. The number of aromatic nitrogens is 1. The Kier molecular flexibility index (Phi) is 4.44. The molecule has 0 aliphatic carbocycles. The monoisotopic (exact) mass is 315 g/mol. The van der Waals surface area contributed by atoms with Crippen LogP contribution in [0.3, 0.4) is 0 Å². The van der Waals surface area contributed by atoms with Crippen LogP contribution < -0.4 is 0 Å². The molecule has 1 unspecified atom stereocenters. The fourth-order valence-electron chi connectivity index (χ4n) is 2.13. The van der Waals surface area contributed by atoms with Gasteiger partial charge in [0.05, 0.1) is 11.6 Å². The van der Waals surface area contributed by atoms with Gasteiger partial charge < -0.3 is 5.11 Å². The lowest BCUT2D eigenvalue weighted by atomic mass is 10.1. The van der Waals surface area contributed by atoms with Gasteiger partial charge in [-0.25, -0.2) is 0 Å². The second-order valence-electron chi connectivity index (χ2n) is 4.74. The number of nitrogens with zero attached hydrogens (tertiary/aromatic N) is 1. The van der Waals surface area contributed by atoms with Crippen molar-refractivity contribution in [1.82, 2.24) is 4.98 Å². The van der Waals surface area contributed by atoms with Crippen molar-refractivity contribution < 1.29 is 5.11 Å². The Bertz CT molecular complexity index is 762. The van der Waals surface area contributed by atoms with E-state index in [0.29, 0.717) is 10.8 Å². The molecule has 1 heterocycles. The molecular formula is C17H14ClNOS. The number of hydrogen-bond donors (Lipinski definition) is 1. The van der Waals surface area contributed by atoms with Crippen molar-refractivity contribution in [3.63, 3.8) is 0 Å². The molecular weight excluding hydrogens is 302 g/mol. The molecule has 1 atom stereocenters. The number of fused-ring (bicyclic) bond motifs is 1. The molecule has 0 bridgehead atoms. The molecule has 3 aromatic rings. The largest absolute Gasteiger partial charge is 0.388 e. The first kappa shape index (κ1) is 14.4. The first-order chi connectivity index (χ1) is 10.2. The molecule has 1 N–H and O–H groups in total. The predicted octanol–water partition coefficient (Wildman–Crippen LogP) is 4.71. The van der Waals surface area contributed by atoms with Gasteiger partial charge in [0.15, 0.2) is 0 Å². The molecule has 0 aliphatic rings. The normalized spacial score (nSPS) is 12.5. The van der Waals surface area contributed by atoms with Gasteiger partial charge in [0.25, 0.3) is 0 Å². The highest BCUT2D eigenvalue weighted by molar-refractivity contribution is 7.99. The average Bonchev–Trinajstić information content (AvgIpc) is 2.52. The van der Waals surface area contributed by atoms with Gasteiger partial charge >= 0.3 is 0 Å². The Morgan fingerprint density at radius 2 is 2.00 bits per heavy atom. The number of hydrogen-bond acceptors (Lipinski definition) is 3. The van der Waals surface area contributed by atoms with Crippen molar-refractivity contribution in [2.45, 2.75) is 11.0 Å². The van der Waals surface area contributed by atoms with E-state index in [-0.39, 0.29) is 0 Å². The quantitative estimate of drug-likeness (QED) is 0.708. The van der Waals surface area contributed by atoms with Crippen molar-refractivity contribution >= 4 is 34.3 Å². The molecule has 2 nitrogen and oxygen atoms in total. The van der Waals surface area contributed by atoms with Crippen molar-refractivity contribution in [1.29, 1.82) is 0 Å². The van der Waals surface area contributed by atoms with E-state index in [9.17, 15) is 5.11 Å². The number of pyridine rings is 1. The van der Waals surface area contributed by atoms with Crippen LogP contribution in [0.2, 0.25) is 5.02 Å². The molecule has 0 spiro atoms. The SMILES string of the molecule is OC(CSc1cccc(Cl)c1)c1ccc2ncccc2c1. The summed E-state index contributed by atoms with van der Waals surface area (Å²) in [5.41, 5.74) is 1.85. The molecule has 0 fully saturated rings. The van der Waals surface area contributed by atoms with Gasteiger partial charge in [0, 0.05) is 27.3 Å². The minimum Gasteiger partial charge on any atom is -0.388 e. The maximum absolute atomic E-state index is 10.3. The topological polar surface area (TPSA) is 33.1 Å².